The molecule has 0 radical (unpaired) electrons. The number of aromatic nitrogens is 2. The van der Waals surface area contributed by atoms with Crippen molar-refractivity contribution in [2.24, 2.45) is 0 Å². The zero-order valence-corrected chi connectivity index (χ0v) is 13.4. The summed E-state index contributed by atoms with van der Waals surface area (Å²) >= 11 is 0. The predicted molar refractivity (Wildman–Crippen MR) is 91.4 cm³/mol. The third kappa shape index (κ3) is 3.72. The zero-order chi connectivity index (χ0) is 17.6. The SMILES string of the molecule is COC(=O)c1ccccc1NC(=O)COc1ncnc2ccccc12. The topological polar surface area (TPSA) is 90.4 Å². The number of carbonyl (C=O) groups is 2. The number of amides is 1. The van der Waals surface area contributed by atoms with Gasteiger partial charge in [-0.1, -0.05) is 24.3 Å². The maximum atomic E-state index is 12.2. The first-order valence-electron chi connectivity index (χ1n) is 7.49. The Morgan fingerprint density at radius 1 is 1.04 bits per heavy atom. The predicted octanol–water partition coefficient (Wildman–Crippen LogP) is 2.43. The van der Waals surface area contributed by atoms with Gasteiger partial charge in [-0.25, -0.2) is 14.8 Å². The molecular weight excluding hydrogens is 322 g/mol. The Morgan fingerprint density at radius 3 is 2.64 bits per heavy atom. The first-order valence-corrected chi connectivity index (χ1v) is 7.49. The first kappa shape index (κ1) is 16.4. The van der Waals surface area contributed by atoms with E-state index in [2.05, 4.69) is 15.3 Å². The molecule has 1 heterocycles. The second kappa shape index (κ2) is 7.39. The van der Waals surface area contributed by atoms with Crippen molar-refractivity contribution in [3.05, 3.63) is 60.4 Å². The van der Waals surface area contributed by atoms with Gasteiger partial charge in [0.2, 0.25) is 5.88 Å². The number of hydrogen-bond acceptors (Lipinski definition) is 6. The second-order valence-corrected chi connectivity index (χ2v) is 5.07. The Hall–Kier alpha value is -3.48. The summed E-state index contributed by atoms with van der Waals surface area (Å²) < 4.78 is 10.2. The summed E-state index contributed by atoms with van der Waals surface area (Å²) in [5.41, 5.74) is 1.35. The molecule has 0 atom stereocenters. The van der Waals surface area contributed by atoms with Crippen molar-refractivity contribution in [2.45, 2.75) is 0 Å². The Morgan fingerprint density at radius 2 is 1.80 bits per heavy atom. The van der Waals surface area contributed by atoms with Gasteiger partial charge in [0.1, 0.15) is 6.33 Å². The maximum absolute atomic E-state index is 12.2. The van der Waals surface area contributed by atoms with E-state index in [1.165, 1.54) is 13.4 Å². The molecule has 3 aromatic rings. The lowest BCUT2D eigenvalue weighted by atomic mass is 10.2. The number of hydrogen-bond donors (Lipinski definition) is 1. The molecule has 2 aromatic carbocycles. The highest BCUT2D eigenvalue weighted by Crippen LogP contribution is 2.21. The third-order valence-corrected chi connectivity index (χ3v) is 3.45. The van der Waals surface area contributed by atoms with Crippen molar-refractivity contribution in [1.29, 1.82) is 0 Å². The van der Waals surface area contributed by atoms with Gasteiger partial charge in [-0.3, -0.25) is 4.79 Å². The average molecular weight is 337 g/mol. The molecule has 1 N–H and O–H groups in total. The van der Waals surface area contributed by atoms with Crippen LogP contribution < -0.4 is 10.1 Å². The van der Waals surface area contributed by atoms with E-state index in [-0.39, 0.29) is 12.2 Å². The summed E-state index contributed by atoms with van der Waals surface area (Å²) in [6, 6.07) is 13.9. The molecule has 25 heavy (non-hydrogen) atoms. The van der Waals surface area contributed by atoms with Crippen molar-refractivity contribution < 1.29 is 19.1 Å². The molecule has 0 fully saturated rings. The van der Waals surface area contributed by atoms with Gasteiger partial charge in [0.15, 0.2) is 6.61 Å². The molecule has 3 rings (SSSR count). The molecule has 0 bridgehead atoms. The molecular formula is C18H15N3O4. The van der Waals surface area contributed by atoms with Crippen molar-refractivity contribution >= 4 is 28.5 Å². The van der Waals surface area contributed by atoms with Crippen LogP contribution in [0.3, 0.4) is 0 Å². The molecule has 0 saturated carbocycles. The summed E-state index contributed by atoms with van der Waals surface area (Å²) in [5.74, 6) is -0.625. The molecule has 0 saturated heterocycles. The standard InChI is InChI=1S/C18H15N3O4/c1-24-18(23)13-7-3-5-9-15(13)21-16(22)10-25-17-12-6-2-4-8-14(12)19-11-20-17/h2-9,11H,10H2,1H3,(H,21,22). The van der Waals surface area contributed by atoms with Crippen LogP contribution in [0.4, 0.5) is 5.69 Å². The summed E-state index contributed by atoms with van der Waals surface area (Å²) in [4.78, 5) is 32.1. The van der Waals surface area contributed by atoms with E-state index in [0.717, 1.165) is 5.52 Å². The minimum atomic E-state index is -0.529. The lowest BCUT2D eigenvalue weighted by Crippen LogP contribution is -2.22. The fourth-order valence-corrected chi connectivity index (χ4v) is 2.30. The van der Waals surface area contributed by atoms with Crippen LogP contribution in [0.2, 0.25) is 0 Å². The molecule has 1 amide bonds. The van der Waals surface area contributed by atoms with Crippen LogP contribution in [-0.4, -0.2) is 35.6 Å². The molecule has 0 unspecified atom stereocenters. The average Bonchev–Trinajstić information content (AvgIpc) is 2.66. The number of fused-ring (bicyclic) bond motifs is 1. The summed E-state index contributed by atoms with van der Waals surface area (Å²) in [6.45, 7) is -0.253. The van der Waals surface area contributed by atoms with Gasteiger partial charge >= 0.3 is 5.97 Å². The highest BCUT2D eigenvalue weighted by molar-refractivity contribution is 6.01. The Balaban J connectivity index is 1.71. The van der Waals surface area contributed by atoms with Gasteiger partial charge in [0, 0.05) is 0 Å². The van der Waals surface area contributed by atoms with Crippen LogP contribution in [0.25, 0.3) is 10.9 Å². The zero-order valence-electron chi connectivity index (χ0n) is 13.4. The van der Waals surface area contributed by atoms with E-state index in [4.69, 9.17) is 9.47 Å². The van der Waals surface area contributed by atoms with Gasteiger partial charge in [0.25, 0.3) is 5.91 Å². The molecule has 0 aliphatic rings. The van der Waals surface area contributed by atoms with Crippen molar-refractivity contribution in [3.8, 4) is 5.88 Å². The number of ether oxygens (including phenoxy) is 2. The summed E-state index contributed by atoms with van der Waals surface area (Å²) in [7, 11) is 1.28. The number of benzene rings is 2. The summed E-state index contributed by atoms with van der Waals surface area (Å²) in [6.07, 6.45) is 1.38. The second-order valence-electron chi connectivity index (χ2n) is 5.07. The van der Waals surface area contributed by atoms with E-state index < -0.39 is 11.9 Å². The van der Waals surface area contributed by atoms with Gasteiger partial charge < -0.3 is 14.8 Å². The molecule has 126 valence electrons. The minimum absolute atomic E-state index is 0.253. The van der Waals surface area contributed by atoms with E-state index >= 15 is 0 Å². The van der Waals surface area contributed by atoms with E-state index in [9.17, 15) is 9.59 Å². The van der Waals surface area contributed by atoms with Crippen LogP contribution >= 0.6 is 0 Å². The van der Waals surface area contributed by atoms with Crippen molar-refractivity contribution in [3.63, 3.8) is 0 Å². The van der Waals surface area contributed by atoms with Crippen molar-refractivity contribution in [1.82, 2.24) is 9.97 Å². The number of esters is 1. The number of nitrogens with one attached hydrogen (secondary N) is 1. The molecule has 0 aliphatic heterocycles. The van der Waals surface area contributed by atoms with Crippen LogP contribution in [0, 0.1) is 0 Å². The fourth-order valence-electron chi connectivity index (χ4n) is 2.30. The summed E-state index contributed by atoms with van der Waals surface area (Å²) in [5, 5.41) is 3.35. The monoisotopic (exact) mass is 337 g/mol. The largest absolute Gasteiger partial charge is 0.467 e. The number of anilines is 1. The van der Waals surface area contributed by atoms with Gasteiger partial charge in [0.05, 0.1) is 29.3 Å². The van der Waals surface area contributed by atoms with Gasteiger partial charge in [-0.2, -0.15) is 0 Å². The minimum Gasteiger partial charge on any atom is -0.467 e. The molecule has 0 spiro atoms. The normalized spacial score (nSPS) is 10.3. The molecule has 1 aromatic heterocycles. The van der Waals surface area contributed by atoms with Gasteiger partial charge in [-0.15, -0.1) is 0 Å². The number of rotatable bonds is 5. The van der Waals surface area contributed by atoms with Crippen molar-refractivity contribution in [2.75, 3.05) is 19.0 Å². The number of carbonyl (C=O) groups excluding carboxylic acids is 2. The van der Waals surface area contributed by atoms with E-state index in [1.807, 2.05) is 24.3 Å². The Kier molecular flexibility index (Phi) is 4.84. The smallest absolute Gasteiger partial charge is 0.339 e. The maximum Gasteiger partial charge on any atom is 0.339 e. The van der Waals surface area contributed by atoms with Gasteiger partial charge in [-0.05, 0) is 24.3 Å². The Bertz CT molecular complexity index is 922. The highest BCUT2D eigenvalue weighted by Gasteiger charge is 2.14. The quantitative estimate of drug-likeness (QED) is 0.719. The van der Waals surface area contributed by atoms with Crippen LogP contribution in [0.15, 0.2) is 54.9 Å². The number of nitrogens with zero attached hydrogens (tertiary/aromatic N) is 2. The number of methoxy groups -OCH3 is 1. The van der Waals surface area contributed by atoms with Crippen LogP contribution in [0.5, 0.6) is 5.88 Å². The molecule has 7 nitrogen and oxygen atoms in total. The lowest BCUT2D eigenvalue weighted by molar-refractivity contribution is -0.118. The molecule has 7 heteroatoms. The molecule has 0 aliphatic carbocycles. The Labute approximate surface area is 143 Å². The number of para-hydroxylation sites is 2. The fraction of sp³-hybridized carbons (Fsp3) is 0.111. The lowest BCUT2D eigenvalue weighted by Gasteiger charge is -2.10. The van der Waals surface area contributed by atoms with Crippen LogP contribution in [0.1, 0.15) is 10.4 Å². The highest BCUT2D eigenvalue weighted by atomic mass is 16.5. The first-order chi connectivity index (χ1) is 12.2. The third-order valence-electron chi connectivity index (χ3n) is 3.45. The van der Waals surface area contributed by atoms with E-state index in [0.29, 0.717) is 17.0 Å². The van der Waals surface area contributed by atoms with Crippen LogP contribution in [-0.2, 0) is 9.53 Å². The van der Waals surface area contributed by atoms with E-state index in [1.54, 1.807) is 24.3 Å².